The number of rotatable bonds is 3. The Morgan fingerprint density at radius 1 is 1.43 bits per heavy atom. The molecule has 0 bridgehead atoms. The van der Waals surface area contributed by atoms with Crippen LogP contribution in [-0.2, 0) is 18.2 Å². The summed E-state index contributed by atoms with van der Waals surface area (Å²) in [7, 11) is 1.78. The fourth-order valence-electron chi connectivity index (χ4n) is 3.52. The molecule has 2 aromatic heterocycles. The van der Waals surface area contributed by atoms with Crippen molar-refractivity contribution in [1.29, 1.82) is 0 Å². The van der Waals surface area contributed by atoms with Gasteiger partial charge < -0.3 is 14.2 Å². The van der Waals surface area contributed by atoms with Gasteiger partial charge in [-0.1, -0.05) is 5.16 Å². The fraction of sp³-hybridized carbons (Fsp3) is 0.600. The maximum atomic E-state index is 12.5. The Morgan fingerprint density at radius 3 is 2.96 bits per heavy atom. The third-order valence-corrected chi connectivity index (χ3v) is 4.61. The zero-order chi connectivity index (χ0) is 16.0. The molecule has 2 fully saturated rings. The van der Waals surface area contributed by atoms with Crippen molar-refractivity contribution in [3.8, 4) is 0 Å². The Balaban J connectivity index is 1.36. The number of aryl methyl sites for hydroxylation is 2. The van der Waals surface area contributed by atoms with E-state index in [2.05, 4.69) is 15.2 Å². The molecule has 23 heavy (non-hydrogen) atoms. The van der Waals surface area contributed by atoms with E-state index in [1.165, 1.54) is 0 Å². The summed E-state index contributed by atoms with van der Waals surface area (Å²) in [5, 5.41) is 7.86. The topological polar surface area (TPSA) is 86.3 Å². The molecule has 0 N–H and O–H groups in total. The van der Waals surface area contributed by atoms with Crippen LogP contribution in [0.15, 0.2) is 16.8 Å². The molecule has 8 nitrogen and oxygen atoms in total. The number of carbonyl (C=O) groups excluding carboxylic acids is 1. The van der Waals surface area contributed by atoms with Crippen LogP contribution in [0.4, 0.5) is 0 Å². The zero-order valence-corrected chi connectivity index (χ0v) is 13.2. The Labute approximate surface area is 133 Å². The van der Waals surface area contributed by atoms with Crippen molar-refractivity contribution in [2.45, 2.75) is 32.0 Å². The maximum Gasteiger partial charge on any atom is 0.272 e. The molecule has 3 atom stereocenters. The van der Waals surface area contributed by atoms with E-state index in [0.29, 0.717) is 36.3 Å². The first kappa shape index (κ1) is 14.4. The summed E-state index contributed by atoms with van der Waals surface area (Å²) in [5.74, 6) is 1.66. The summed E-state index contributed by atoms with van der Waals surface area (Å²) >= 11 is 0. The van der Waals surface area contributed by atoms with Crippen molar-refractivity contribution < 1.29 is 14.1 Å². The van der Waals surface area contributed by atoms with Crippen molar-refractivity contribution in [2.24, 2.45) is 13.0 Å². The molecule has 0 aromatic carbocycles. The van der Waals surface area contributed by atoms with E-state index in [4.69, 9.17) is 9.26 Å². The van der Waals surface area contributed by atoms with Crippen LogP contribution in [0.2, 0.25) is 0 Å². The van der Waals surface area contributed by atoms with Crippen molar-refractivity contribution in [3.05, 3.63) is 29.7 Å². The third-order valence-electron chi connectivity index (χ3n) is 4.61. The molecule has 8 heteroatoms. The third kappa shape index (κ3) is 2.63. The molecule has 2 aliphatic rings. The summed E-state index contributed by atoms with van der Waals surface area (Å²) in [6.45, 7) is 3.17. The summed E-state index contributed by atoms with van der Waals surface area (Å²) < 4.78 is 12.8. The Kier molecular flexibility index (Phi) is 3.41. The highest BCUT2D eigenvalue weighted by atomic mass is 16.5. The summed E-state index contributed by atoms with van der Waals surface area (Å²) in [5.41, 5.74) is 0.614. The van der Waals surface area contributed by atoms with E-state index >= 15 is 0 Å². The molecule has 2 aliphatic heterocycles. The highest BCUT2D eigenvalue weighted by Crippen LogP contribution is 2.34. The second kappa shape index (κ2) is 5.45. The number of likely N-dealkylation sites (tertiary alicyclic amines) is 1. The van der Waals surface area contributed by atoms with Crippen LogP contribution in [-0.4, -0.2) is 56.0 Å². The van der Waals surface area contributed by atoms with E-state index < -0.39 is 0 Å². The number of hydrogen-bond acceptors (Lipinski definition) is 6. The molecule has 4 rings (SSSR count). The quantitative estimate of drug-likeness (QED) is 0.823. The predicted octanol–water partition coefficient (Wildman–Crippen LogP) is 0.584. The van der Waals surface area contributed by atoms with Gasteiger partial charge in [0.1, 0.15) is 5.69 Å². The molecule has 2 saturated heterocycles. The minimum Gasteiger partial charge on any atom is -0.372 e. The highest BCUT2D eigenvalue weighted by molar-refractivity contribution is 5.92. The van der Waals surface area contributed by atoms with Crippen molar-refractivity contribution in [2.75, 3.05) is 13.1 Å². The molecule has 122 valence electrons. The highest BCUT2D eigenvalue weighted by Gasteiger charge is 2.44. The number of aromatic nitrogens is 4. The number of carbonyl (C=O) groups is 1. The fourth-order valence-corrected chi connectivity index (χ4v) is 3.52. The smallest absolute Gasteiger partial charge is 0.272 e. The number of hydrogen-bond donors (Lipinski definition) is 0. The lowest BCUT2D eigenvalue weighted by Crippen LogP contribution is -2.32. The first-order chi connectivity index (χ1) is 11.1. The van der Waals surface area contributed by atoms with Gasteiger partial charge in [-0.05, 0) is 19.4 Å². The van der Waals surface area contributed by atoms with Crippen molar-refractivity contribution in [3.63, 3.8) is 0 Å². The minimum absolute atomic E-state index is 0.0204. The normalized spacial score (nSPS) is 26.7. The van der Waals surface area contributed by atoms with E-state index in [1.54, 1.807) is 30.9 Å². The van der Waals surface area contributed by atoms with Gasteiger partial charge in [-0.2, -0.15) is 10.1 Å². The van der Waals surface area contributed by atoms with E-state index in [0.717, 1.165) is 13.0 Å². The second-order valence-corrected chi connectivity index (χ2v) is 6.28. The van der Waals surface area contributed by atoms with Crippen LogP contribution in [0.25, 0.3) is 0 Å². The lowest BCUT2D eigenvalue weighted by atomic mass is 10.0. The Morgan fingerprint density at radius 2 is 2.30 bits per heavy atom. The largest absolute Gasteiger partial charge is 0.372 e. The Bertz CT molecular complexity index is 710. The molecular weight excluding hydrogens is 298 g/mol. The van der Waals surface area contributed by atoms with Gasteiger partial charge in [-0.25, -0.2) is 0 Å². The van der Waals surface area contributed by atoms with Crippen LogP contribution in [0.1, 0.15) is 28.6 Å². The molecule has 0 unspecified atom stereocenters. The first-order valence-electron chi connectivity index (χ1n) is 7.82. The molecule has 0 spiro atoms. The number of nitrogens with zero attached hydrogens (tertiary/aromatic N) is 5. The average Bonchev–Trinajstić information content (AvgIpc) is 3.23. The van der Waals surface area contributed by atoms with Gasteiger partial charge in [-0.3, -0.25) is 9.48 Å². The number of ether oxygens (including phenoxy) is 1. The zero-order valence-electron chi connectivity index (χ0n) is 13.2. The minimum atomic E-state index is 0.0204. The van der Waals surface area contributed by atoms with E-state index in [1.807, 2.05) is 4.90 Å². The van der Waals surface area contributed by atoms with E-state index in [-0.39, 0.29) is 18.1 Å². The van der Waals surface area contributed by atoms with Gasteiger partial charge in [0.25, 0.3) is 5.91 Å². The van der Waals surface area contributed by atoms with E-state index in [9.17, 15) is 4.79 Å². The van der Waals surface area contributed by atoms with Gasteiger partial charge in [0, 0.05) is 32.3 Å². The van der Waals surface area contributed by atoms with Crippen LogP contribution in [0, 0.1) is 12.8 Å². The summed E-state index contributed by atoms with van der Waals surface area (Å²) in [6.07, 6.45) is 3.40. The van der Waals surface area contributed by atoms with Crippen LogP contribution in [0.5, 0.6) is 0 Å². The molecule has 1 amide bonds. The van der Waals surface area contributed by atoms with Crippen molar-refractivity contribution in [1.82, 2.24) is 24.8 Å². The first-order valence-corrected chi connectivity index (χ1v) is 7.82. The molecule has 0 radical (unpaired) electrons. The lowest BCUT2D eigenvalue weighted by molar-refractivity contribution is 0.0328. The monoisotopic (exact) mass is 317 g/mol. The SMILES string of the molecule is Cc1noc(C[C@@H]2C[C@H]3CN(C(=O)c4ccnn4C)C[C@H]3O2)n1. The lowest BCUT2D eigenvalue weighted by Gasteiger charge is -2.19. The predicted molar refractivity (Wildman–Crippen MR) is 78.6 cm³/mol. The van der Waals surface area contributed by atoms with Crippen LogP contribution in [0.3, 0.4) is 0 Å². The number of amides is 1. The maximum absolute atomic E-state index is 12.5. The number of fused-ring (bicyclic) bond motifs is 1. The van der Waals surface area contributed by atoms with Crippen LogP contribution < -0.4 is 0 Å². The second-order valence-electron chi connectivity index (χ2n) is 6.28. The summed E-state index contributed by atoms with van der Waals surface area (Å²) in [6, 6.07) is 1.75. The molecule has 0 aliphatic carbocycles. The average molecular weight is 317 g/mol. The van der Waals surface area contributed by atoms with Crippen LogP contribution >= 0.6 is 0 Å². The molecule has 0 saturated carbocycles. The van der Waals surface area contributed by atoms with Gasteiger partial charge in [0.05, 0.1) is 18.6 Å². The van der Waals surface area contributed by atoms with Crippen molar-refractivity contribution >= 4 is 5.91 Å². The molecular formula is C15H19N5O3. The molecule has 4 heterocycles. The van der Waals surface area contributed by atoms with Gasteiger partial charge in [-0.15, -0.1) is 0 Å². The Hall–Kier alpha value is -2.22. The van der Waals surface area contributed by atoms with Gasteiger partial charge >= 0.3 is 0 Å². The standard InChI is InChI=1S/C15H19N5O3/c1-9-17-14(23-18-9)6-11-5-10-7-20(8-13(10)22-11)15(21)12-3-4-16-19(12)2/h3-4,10-11,13H,5-8H2,1-2H3/t10-,11-,13+/m0/s1. The van der Waals surface area contributed by atoms with Gasteiger partial charge in [0.2, 0.25) is 5.89 Å². The summed E-state index contributed by atoms with van der Waals surface area (Å²) in [4.78, 5) is 18.6. The van der Waals surface area contributed by atoms with Gasteiger partial charge in [0.15, 0.2) is 5.82 Å². The molecule has 2 aromatic rings.